The van der Waals surface area contributed by atoms with Crippen molar-refractivity contribution in [1.82, 2.24) is 4.98 Å². The molecule has 1 heterocycles. The molecule has 2 fully saturated rings. The summed E-state index contributed by atoms with van der Waals surface area (Å²) in [4.78, 5) is 4.23. The number of allylic oxidation sites excluding steroid dienone is 4. The molecule has 0 amide bonds. The molecule has 25 heavy (non-hydrogen) atoms. The molecule has 5 rings (SSSR count). The Hall–Kier alpha value is -1.37. The van der Waals surface area contributed by atoms with Crippen LogP contribution in [0.5, 0.6) is 0 Å². The van der Waals surface area contributed by atoms with Crippen LogP contribution in [0.3, 0.4) is 0 Å². The van der Waals surface area contributed by atoms with Crippen LogP contribution in [0.2, 0.25) is 0 Å². The van der Waals surface area contributed by atoms with Crippen LogP contribution in [-0.2, 0) is 0 Å². The second kappa shape index (κ2) is 5.56. The highest BCUT2D eigenvalue weighted by molar-refractivity contribution is 5.72. The smallest absolute Gasteiger partial charge is 0.0273 e. The van der Waals surface area contributed by atoms with Gasteiger partial charge in [-0.1, -0.05) is 38.0 Å². The van der Waals surface area contributed by atoms with E-state index in [1.165, 1.54) is 56.9 Å². The Morgan fingerprint density at radius 2 is 1.76 bits per heavy atom. The lowest BCUT2D eigenvalue weighted by Gasteiger charge is -2.57. The largest absolute Gasteiger partial charge is 0.265 e. The summed E-state index contributed by atoms with van der Waals surface area (Å²) >= 11 is 0. The highest BCUT2D eigenvalue weighted by Crippen LogP contribution is 2.66. The summed E-state index contributed by atoms with van der Waals surface area (Å²) < 4.78 is 0. The number of aromatic nitrogens is 1. The minimum atomic E-state index is 0.374. The molecule has 1 heteroatoms. The van der Waals surface area contributed by atoms with E-state index in [9.17, 15) is 0 Å². The summed E-state index contributed by atoms with van der Waals surface area (Å²) in [5.41, 5.74) is 5.74. The minimum Gasteiger partial charge on any atom is -0.265 e. The van der Waals surface area contributed by atoms with E-state index < -0.39 is 0 Å². The Bertz CT molecular complexity index is 730. The summed E-state index contributed by atoms with van der Waals surface area (Å²) in [5.74, 6) is 2.66. The monoisotopic (exact) mass is 333 g/mol. The molecule has 0 spiro atoms. The van der Waals surface area contributed by atoms with Gasteiger partial charge in [-0.05, 0) is 96.8 Å². The maximum Gasteiger partial charge on any atom is 0.0273 e. The maximum atomic E-state index is 4.23. The van der Waals surface area contributed by atoms with Crippen molar-refractivity contribution >= 4 is 5.57 Å². The second-order valence-electron chi connectivity index (χ2n) is 9.51. The molecule has 0 saturated heterocycles. The van der Waals surface area contributed by atoms with Gasteiger partial charge in [0.1, 0.15) is 0 Å². The summed E-state index contributed by atoms with van der Waals surface area (Å²) in [5, 5.41) is 0. The van der Waals surface area contributed by atoms with Gasteiger partial charge in [-0.3, -0.25) is 4.98 Å². The van der Waals surface area contributed by atoms with Gasteiger partial charge in [-0.2, -0.15) is 0 Å². The Morgan fingerprint density at radius 1 is 0.920 bits per heavy atom. The third kappa shape index (κ3) is 2.17. The van der Waals surface area contributed by atoms with E-state index in [0.29, 0.717) is 10.8 Å². The van der Waals surface area contributed by atoms with E-state index in [2.05, 4.69) is 43.1 Å². The van der Waals surface area contributed by atoms with Gasteiger partial charge in [0.05, 0.1) is 0 Å². The number of hydrogen-bond acceptors (Lipinski definition) is 1. The quantitative estimate of drug-likeness (QED) is 0.540. The zero-order valence-electron chi connectivity index (χ0n) is 15.8. The van der Waals surface area contributed by atoms with Crippen LogP contribution >= 0.6 is 0 Å². The average Bonchev–Trinajstić information content (AvgIpc) is 2.99. The molecule has 1 nitrogen and oxygen atoms in total. The molecule has 5 atom stereocenters. The van der Waals surface area contributed by atoms with Gasteiger partial charge in [0.15, 0.2) is 0 Å². The fourth-order valence-electron chi connectivity index (χ4n) is 7.24. The van der Waals surface area contributed by atoms with Crippen molar-refractivity contribution in [1.29, 1.82) is 0 Å². The average molecular weight is 334 g/mol. The van der Waals surface area contributed by atoms with Gasteiger partial charge >= 0.3 is 0 Å². The molecule has 1 aromatic heterocycles. The Labute approximate surface area is 152 Å². The van der Waals surface area contributed by atoms with Crippen LogP contribution in [0.25, 0.3) is 5.57 Å². The zero-order valence-corrected chi connectivity index (χ0v) is 15.8. The fraction of sp³-hybridized carbons (Fsp3) is 0.625. The van der Waals surface area contributed by atoms with E-state index in [4.69, 9.17) is 0 Å². The van der Waals surface area contributed by atoms with Crippen LogP contribution < -0.4 is 0 Å². The summed E-state index contributed by atoms with van der Waals surface area (Å²) in [6.07, 6.45) is 20.3. The van der Waals surface area contributed by atoms with Gasteiger partial charge in [0.2, 0.25) is 0 Å². The van der Waals surface area contributed by atoms with Gasteiger partial charge in [0, 0.05) is 12.4 Å². The van der Waals surface area contributed by atoms with Crippen LogP contribution in [0.1, 0.15) is 70.8 Å². The summed E-state index contributed by atoms with van der Waals surface area (Å²) in [6.45, 7) is 5.18. The fourth-order valence-corrected chi connectivity index (χ4v) is 7.24. The van der Waals surface area contributed by atoms with Gasteiger partial charge in [-0.15, -0.1) is 0 Å². The normalized spacial score (nSPS) is 42.7. The van der Waals surface area contributed by atoms with E-state index in [0.717, 1.165) is 17.8 Å². The van der Waals surface area contributed by atoms with Crippen molar-refractivity contribution in [2.24, 2.45) is 28.6 Å². The van der Waals surface area contributed by atoms with Crippen LogP contribution in [0.15, 0.2) is 42.3 Å². The van der Waals surface area contributed by atoms with Gasteiger partial charge < -0.3 is 0 Å². The van der Waals surface area contributed by atoms with Crippen molar-refractivity contribution in [3.63, 3.8) is 0 Å². The number of pyridine rings is 1. The van der Waals surface area contributed by atoms with E-state index in [1.54, 1.807) is 5.57 Å². The first-order valence-electron chi connectivity index (χ1n) is 10.4. The third-order valence-electron chi connectivity index (χ3n) is 8.59. The Morgan fingerprint density at radius 3 is 2.60 bits per heavy atom. The molecule has 0 radical (unpaired) electrons. The molecule has 0 unspecified atom stereocenters. The molecule has 0 N–H and O–H groups in total. The van der Waals surface area contributed by atoms with E-state index in [-0.39, 0.29) is 0 Å². The SMILES string of the molecule is C[C@]12CCCCC1=CC[C@@H]1[C@@H]2CC[C@]2(C)C(c3ccncc3)=CC[C@@H]12. The molecular formula is C24H31N. The summed E-state index contributed by atoms with van der Waals surface area (Å²) in [6, 6.07) is 4.43. The zero-order chi connectivity index (χ0) is 17.1. The molecular weight excluding hydrogens is 302 g/mol. The van der Waals surface area contributed by atoms with Crippen molar-refractivity contribution in [3.8, 4) is 0 Å². The number of hydrogen-bond donors (Lipinski definition) is 0. The summed E-state index contributed by atoms with van der Waals surface area (Å²) in [7, 11) is 0. The van der Waals surface area contributed by atoms with Crippen LogP contribution in [0, 0.1) is 28.6 Å². The third-order valence-corrected chi connectivity index (χ3v) is 8.59. The van der Waals surface area contributed by atoms with Crippen molar-refractivity contribution in [2.45, 2.75) is 65.2 Å². The Kier molecular flexibility index (Phi) is 3.53. The second-order valence-corrected chi connectivity index (χ2v) is 9.51. The maximum absolute atomic E-state index is 4.23. The lowest BCUT2D eigenvalue weighted by atomic mass is 9.47. The van der Waals surface area contributed by atoms with Crippen LogP contribution in [-0.4, -0.2) is 4.98 Å². The van der Waals surface area contributed by atoms with E-state index in [1.807, 2.05) is 18.0 Å². The molecule has 132 valence electrons. The highest BCUT2D eigenvalue weighted by Gasteiger charge is 2.56. The minimum absolute atomic E-state index is 0.374. The molecule has 1 aromatic rings. The predicted octanol–water partition coefficient (Wildman–Crippen LogP) is 6.43. The first-order valence-corrected chi connectivity index (χ1v) is 10.4. The van der Waals surface area contributed by atoms with Crippen molar-refractivity contribution in [2.75, 3.05) is 0 Å². The van der Waals surface area contributed by atoms with Gasteiger partial charge in [0.25, 0.3) is 0 Å². The van der Waals surface area contributed by atoms with Crippen molar-refractivity contribution < 1.29 is 0 Å². The Balaban J connectivity index is 1.49. The van der Waals surface area contributed by atoms with Crippen molar-refractivity contribution in [3.05, 3.63) is 47.8 Å². The first kappa shape index (κ1) is 15.9. The molecule has 0 aromatic carbocycles. The molecule has 0 bridgehead atoms. The number of fused-ring (bicyclic) bond motifs is 5. The lowest BCUT2D eigenvalue weighted by Crippen LogP contribution is -2.48. The first-order chi connectivity index (χ1) is 12.1. The standard InChI is InChI=1S/C24H31N/c1-23-13-4-3-5-18(23)6-7-19-21-9-8-20(17-11-15-25-16-12-17)24(21,2)14-10-22(19)23/h6,8,11-12,15-16,19,21-22H,3-5,7,9-10,13-14H2,1-2H3/t19-,21-,22-,23-,24+/m0/s1. The highest BCUT2D eigenvalue weighted by atomic mass is 14.6. The van der Waals surface area contributed by atoms with Crippen LogP contribution in [0.4, 0.5) is 0 Å². The predicted molar refractivity (Wildman–Crippen MR) is 104 cm³/mol. The number of nitrogens with zero attached hydrogens (tertiary/aromatic N) is 1. The van der Waals surface area contributed by atoms with Gasteiger partial charge in [-0.25, -0.2) is 0 Å². The molecule has 0 aliphatic heterocycles. The molecule has 4 aliphatic rings. The lowest BCUT2D eigenvalue weighted by molar-refractivity contribution is -0.00980. The number of rotatable bonds is 1. The molecule has 4 aliphatic carbocycles. The topological polar surface area (TPSA) is 12.9 Å². The van der Waals surface area contributed by atoms with E-state index >= 15 is 0 Å². The molecule has 2 saturated carbocycles.